The number of hydrogen-bond acceptors (Lipinski definition) is 2. The first-order chi connectivity index (χ1) is 10.1. The maximum atomic E-state index is 14.0. The van der Waals surface area contributed by atoms with Crippen LogP contribution >= 0.6 is 0 Å². The van der Waals surface area contributed by atoms with Crippen molar-refractivity contribution in [3.63, 3.8) is 0 Å². The number of aryl methyl sites for hydroxylation is 1. The van der Waals surface area contributed by atoms with E-state index in [4.69, 9.17) is 4.74 Å². The first kappa shape index (κ1) is 14.9. The highest BCUT2D eigenvalue weighted by molar-refractivity contribution is 5.83. The van der Waals surface area contributed by atoms with Crippen molar-refractivity contribution in [2.45, 2.75) is 13.3 Å². The molecule has 0 aliphatic heterocycles. The Morgan fingerprint density at radius 2 is 1.81 bits per heavy atom. The molecule has 2 rings (SSSR count). The van der Waals surface area contributed by atoms with Gasteiger partial charge < -0.3 is 4.74 Å². The second-order valence-corrected chi connectivity index (χ2v) is 4.40. The number of carbonyl (C=O) groups is 1. The topological polar surface area (TPSA) is 26.3 Å². The van der Waals surface area contributed by atoms with Crippen LogP contribution in [0.25, 0.3) is 11.1 Å². The highest BCUT2D eigenvalue weighted by Crippen LogP contribution is 2.28. The molecule has 0 heterocycles. The maximum absolute atomic E-state index is 14.0. The van der Waals surface area contributed by atoms with Crippen LogP contribution in [-0.2, 0) is 11.2 Å². The molecule has 0 atom stereocenters. The lowest BCUT2D eigenvalue weighted by Gasteiger charge is -2.08. The highest BCUT2D eigenvalue weighted by Gasteiger charge is 2.13. The molecule has 0 radical (unpaired) electrons. The van der Waals surface area contributed by atoms with E-state index in [9.17, 15) is 13.6 Å². The van der Waals surface area contributed by atoms with E-state index in [0.29, 0.717) is 23.3 Å². The van der Waals surface area contributed by atoms with Crippen molar-refractivity contribution >= 4 is 5.97 Å². The Morgan fingerprint density at radius 3 is 2.38 bits per heavy atom. The van der Waals surface area contributed by atoms with Gasteiger partial charge in [-0.1, -0.05) is 37.8 Å². The van der Waals surface area contributed by atoms with E-state index in [2.05, 4.69) is 6.58 Å². The molecule has 0 saturated heterocycles. The molecule has 2 nitrogen and oxygen atoms in total. The number of carbonyl (C=O) groups excluding carboxylic acids is 1. The van der Waals surface area contributed by atoms with E-state index in [1.165, 1.54) is 12.1 Å². The van der Waals surface area contributed by atoms with Gasteiger partial charge in [-0.25, -0.2) is 13.6 Å². The fourth-order valence-electron chi connectivity index (χ4n) is 1.95. The lowest BCUT2D eigenvalue weighted by molar-refractivity contribution is -0.128. The summed E-state index contributed by atoms with van der Waals surface area (Å²) in [5.74, 6) is -1.95. The van der Waals surface area contributed by atoms with Gasteiger partial charge in [-0.2, -0.15) is 0 Å². The Kier molecular flexibility index (Phi) is 4.48. The Bertz CT molecular complexity index is 676. The number of esters is 1. The predicted molar refractivity (Wildman–Crippen MR) is 77.0 cm³/mol. The minimum Gasteiger partial charge on any atom is -0.423 e. The number of rotatable bonds is 4. The Balaban J connectivity index is 2.33. The molecule has 0 saturated carbocycles. The third kappa shape index (κ3) is 3.16. The van der Waals surface area contributed by atoms with E-state index in [-0.39, 0.29) is 5.56 Å². The van der Waals surface area contributed by atoms with Crippen molar-refractivity contribution in [1.82, 2.24) is 0 Å². The van der Waals surface area contributed by atoms with Crippen LogP contribution in [0.1, 0.15) is 12.5 Å². The van der Waals surface area contributed by atoms with E-state index < -0.39 is 17.6 Å². The van der Waals surface area contributed by atoms with Crippen LogP contribution in [-0.4, -0.2) is 5.97 Å². The molecule has 0 aliphatic carbocycles. The lowest BCUT2D eigenvalue weighted by Crippen LogP contribution is -2.02. The summed E-state index contributed by atoms with van der Waals surface area (Å²) in [6.07, 6.45) is 1.48. The van der Waals surface area contributed by atoms with Gasteiger partial charge in [0.15, 0.2) is 11.6 Å². The minimum atomic E-state index is -0.870. The third-order valence-corrected chi connectivity index (χ3v) is 3.09. The zero-order chi connectivity index (χ0) is 15.4. The monoisotopic (exact) mass is 288 g/mol. The second-order valence-electron chi connectivity index (χ2n) is 4.40. The van der Waals surface area contributed by atoms with Crippen molar-refractivity contribution in [3.8, 4) is 16.9 Å². The first-order valence-corrected chi connectivity index (χ1v) is 6.48. The van der Waals surface area contributed by atoms with Gasteiger partial charge in [-0.3, -0.25) is 0 Å². The molecular weight excluding hydrogens is 274 g/mol. The molecule has 0 spiro atoms. The first-order valence-electron chi connectivity index (χ1n) is 6.48. The molecule has 0 fully saturated rings. The van der Waals surface area contributed by atoms with Crippen LogP contribution in [0.15, 0.2) is 49.1 Å². The van der Waals surface area contributed by atoms with Crippen LogP contribution in [0.2, 0.25) is 0 Å². The molecule has 0 amide bonds. The molecule has 0 aliphatic rings. The van der Waals surface area contributed by atoms with Gasteiger partial charge in [0.05, 0.1) is 0 Å². The normalized spacial score (nSPS) is 10.2. The lowest BCUT2D eigenvalue weighted by atomic mass is 10.0. The molecule has 0 aromatic heterocycles. The van der Waals surface area contributed by atoms with Crippen molar-refractivity contribution in [2.24, 2.45) is 0 Å². The van der Waals surface area contributed by atoms with Crippen LogP contribution < -0.4 is 4.74 Å². The second kappa shape index (κ2) is 6.31. The van der Waals surface area contributed by atoms with Crippen molar-refractivity contribution in [2.75, 3.05) is 0 Å². The summed E-state index contributed by atoms with van der Waals surface area (Å²) < 4.78 is 32.7. The zero-order valence-corrected chi connectivity index (χ0v) is 11.5. The molecular formula is C17H14F2O2. The van der Waals surface area contributed by atoms with Crippen molar-refractivity contribution < 1.29 is 18.3 Å². The van der Waals surface area contributed by atoms with Crippen LogP contribution in [0.4, 0.5) is 8.78 Å². The van der Waals surface area contributed by atoms with Gasteiger partial charge in [0, 0.05) is 11.6 Å². The molecule has 108 valence electrons. The summed E-state index contributed by atoms with van der Waals surface area (Å²) in [6.45, 7) is 5.06. The number of benzene rings is 2. The van der Waals surface area contributed by atoms with Crippen molar-refractivity contribution in [1.29, 1.82) is 0 Å². The van der Waals surface area contributed by atoms with Crippen LogP contribution in [0.5, 0.6) is 5.75 Å². The van der Waals surface area contributed by atoms with Gasteiger partial charge in [0.1, 0.15) is 5.75 Å². The smallest absolute Gasteiger partial charge is 0.335 e. The third-order valence-electron chi connectivity index (χ3n) is 3.09. The molecule has 2 aromatic carbocycles. The molecule has 0 unspecified atom stereocenters. The predicted octanol–water partition coefficient (Wildman–Crippen LogP) is 4.29. The minimum absolute atomic E-state index is 0.172. The zero-order valence-electron chi connectivity index (χ0n) is 11.5. The number of hydrogen-bond donors (Lipinski definition) is 0. The number of ether oxygens (including phenoxy) is 1. The summed E-state index contributed by atoms with van der Waals surface area (Å²) >= 11 is 0. The van der Waals surface area contributed by atoms with Crippen LogP contribution in [0, 0.1) is 11.6 Å². The summed E-state index contributed by atoms with van der Waals surface area (Å²) in [6, 6.07) is 9.27. The fourth-order valence-corrected chi connectivity index (χ4v) is 1.95. The van der Waals surface area contributed by atoms with E-state index in [1.807, 2.05) is 0 Å². The van der Waals surface area contributed by atoms with Gasteiger partial charge in [0.2, 0.25) is 0 Å². The molecule has 0 bridgehead atoms. The number of halogens is 2. The molecule has 2 aromatic rings. The summed E-state index contributed by atoms with van der Waals surface area (Å²) in [5.41, 5.74) is 1.02. The van der Waals surface area contributed by atoms with E-state index in [1.54, 1.807) is 31.2 Å². The quantitative estimate of drug-likeness (QED) is 0.476. The highest BCUT2D eigenvalue weighted by atomic mass is 19.2. The molecule has 21 heavy (non-hydrogen) atoms. The largest absolute Gasteiger partial charge is 0.423 e. The van der Waals surface area contributed by atoms with Crippen LogP contribution in [0.3, 0.4) is 0 Å². The van der Waals surface area contributed by atoms with Gasteiger partial charge in [0.25, 0.3) is 0 Å². The van der Waals surface area contributed by atoms with Gasteiger partial charge in [-0.05, 0) is 29.7 Å². The van der Waals surface area contributed by atoms with Crippen molar-refractivity contribution in [3.05, 3.63) is 66.3 Å². The Labute approximate surface area is 121 Å². The SMILES string of the molecule is C=CC(=O)Oc1ccc(-c2ccc(CC)c(F)c2F)cc1. The average molecular weight is 288 g/mol. The summed E-state index contributed by atoms with van der Waals surface area (Å²) in [4.78, 5) is 11.1. The Morgan fingerprint density at radius 1 is 1.14 bits per heavy atom. The standard InChI is InChI=1S/C17H14F2O2/c1-3-11-7-10-14(17(19)16(11)18)12-5-8-13(9-6-12)21-15(20)4-2/h4-10H,2-3H2,1H3. The maximum Gasteiger partial charge on any atom is 0.335 e. The van der Waals surface area contributed by atoms with Gasteiger partial charge >= 0.3 is 5.97 Å². The molecule has 0 N–H and O–H groups in total. The van der Waals surface area contributed by atoms with E-state index in [0.717, 1.165) is 6.08 Å². The average Bonchev–Trinajstić information content (AvgIpc) is 2.51. The van der Waals surface area contributed by atoms with Gasteiger partial charge in [-0.15, -0.1) is 0 Å². The summed E-state index contributed by atoms with van der Waals surface area (Å²) in [5, 5.41) is 0. The van der Waals surface area contributed by atoms with E-state index >= 15 is 0 Å². The fraction of sp³-hybridized carbons (Fsp3) is 0.118. The Hall–Kier alpha value is -2.49. The summed E-state index contributed by atoms with van der Waals surface area (Å²) in [7, 11) is 0. The molecule has 4 heteroatoms.